The van der Waals surface area contributed by atoms with Gasteiger partial charge in [0, 0.05) is 18.8 Å². The molecule has 0 fully saturated rings. The minimum Gasteiger partial charge on any atom is -0.493 e. The van der Waals surface area contributed by atoms with Crippen LogP contribution in [0.25, 0.3) is 0 Å². The van der Waals surface area contributed by atoms with E-state index in [1.165, 1.54) is 12.1 Å². The monoisotopic (exact) mass is 456 g/mol. The van der Waals surface area contributed by atoms with Crippen LogP contribution in [-0.4, -0.2) is 31.2 Å². The molecule has 3 aromatic rings. The third kappa shape index (κ3) is 5.18. The van der Waals surface area contributed by atoms with Gasteiger partial charge in [0.05, 0.1) is 14.2 Å². The van der Waals surface area contributed by atoms with E-state index in [0.29, 0.717) is 35.7 Å². The van der Waals surface area contributed by atoms with Crippen LogP contribution in [0.1, 0.15) is 45.4 Å². The van der Waals surface area contributed by atoms with Gasteiger partial charge in [-0.25, -0.2) is 8.78 Å². The Morgan fingerprint density at radius 3 is 2.30 bits per heavy atom. The molecule has 1 amide bonds. The lowest BCUT2D eigenvalue weighted by atomic mass is 10.1. The average Bonchev–Trinajstić information content (AvgIpc) is 3.04. The average molecular weight is 457 g/mol. The van der Waals surface area contributed by atoms with Crippen molar-refractivity contribution in [3.05, 3.63) is 81.7 Å². The Hall–Kier alpha value is -3.35. The van der Waals surface area contributed by atoms with Gasteiger partial charge in [-0.1, -0.05) is 19.1 Å². The van der Waals surface area contributed by atoms with Crippen LogP contribution in [0.2, 0.25) is 0 Å². The maximum absolute atomic E-state index is 13.7. The zero-order valence-corrected chi connectivity index (χ0v) is 19.7. The van der Waals surface area contributed by atoms with Crippen molar-refractivity contribution in [2.45, 2.75) is 40.2 Å². The molecule has 1 heterocycles. The second-order valence-corrected chi connectivity index (χ2v) is 7.92. The van der Waals surface area contributed by atoms with Crippen molar-refractivity contribution in [3.8, 4) is 11.5 Å². The van der Waals surface area contributed by atoms with E-state index in [-0.39, 0.29) is 12.5 Å². The highest BCUT2D eigenvalue weighted by Gasteiger charge is 2.22. The summed E-state index contributed by atoms with van der Waals surface area (Å²) < 4.78 is 39.6. The quantitative estimate of drug-likeness (QED) is 0.494. The summed E-state index contributed by atoms with van der Waals surface area (Å²) in [7, 11) is 3.17. The summed E-state index contributed by atoms with van der Waals surface area (Å²) in [6, 6.07) is 9.49. The second kappa shape index (κ2) is 10.5. The van der Waals surface area contributed by atoms with Crippen molar-refractivity contribution in [2.24, 2.45) is 0 Å². The molecule has 0 aliphatic carbocycles. The van der Waals surface area contributed by atoms with E-state index in [9.17, 15) is 13.6 Å². The van der Waals surface area contributed by atoms with Crippen molar-refractivity contribution in [1.29, 1.82) is 0 Å². The maximum Gasteiger partial charge on any atom is 0.268 e. The lowest BCUT2D eigenvalue weighted by Crippen LogP contribution is -2.29. The highest BCUT2D eigenvalue weighted by atomic mass is 19.2. The zero-order chi connectivity index (χ0) is 24.1. The predicted molar refractivity (Wildman–Crippen MR) is 124 cm³/mol. The van der Waals surface area contributed by atoms with Crippen LogP contribution >= 0.6 is 0 Å². The SMILES string of the molecule is CCc1c(C)c(C(=O)NCCc2ccc(OC)c(OC)c2)n(Cc2ccc(F)c(F)c2)c1C. The smallest absolute Gasteiger partial charge is 0.268 e. The molecule has 0 aliphatic rings. The number of nitrogens with one attached hydrogen (secondary N) is 1. The number of aromatic nitrogens is 1. The van der Waals surface area contributed by atoms with Crippen molar-refractivity contribution in [1.82, 2.24) is 9.88 Å². The number of halogens is 2. The van der Waals surface area contributed by atoms with Gasteiger partial charge in [0.1, 0.15) is 5.69 Å². The van der Waals surface area contributed by atoms with Crippen LogP contribution < -0.4 is 14.8 Å². The molecule has 1 N–H and O–H groups in total. The van der Waals surface area contributed by atoms with E-state index in [0.717, 1.165) is 34.9 Å². The zero-order valence-electron chi connectivity index (χ0n) is 19.7. The van der Waals surface area contributed by atoms with E-state index in [1.54, 1.807) is 14.2 Å². The molecule has 176 valence electrons. The van der Waals surface area contributed by atoms with Crippen molar-refractivity contribution in [3.63, 3.8) is 0 Å². The van der Waals surface area contributed by atoms with E-state index in [1.807, 2.05) is 43.5 Å². The van der Waals surface area contributed by atoms with Crippen LogP contribution in [0.4, 0.5) is 8.78 Å². The van der Waals surface area contributed by atoms with Crippen LogP contribution in [0.5, 0.6) is 11.5 Å². The molecular formula is C26H30F2N2O3. The molecule has 0 bridgehead atoms. The van der Waals surface area contributed by atoms with Gasteiger partial charge < -0.3 is 19.4 Å². The van der Waals surface area contributed by atoms with Crippen LogP contribution in [0.3, 0.4) is 0 Å². The summed E-state index contributed by atoms with van der Waals surface area (Å²) in [5.41, 5.74) is 5.08. The van der Waals surface area contributed by atoms with E-state index < -0.39 is 11.6 Å². The van der Waals surface area contributed by atoms with Gasteiger partial charge in [0.15, 0.2) is 23.1 Å². The Kier molecular flexibility index (Phi) is 7.74. The highest BCUT2D eigenvalue weighted by Crippen LogP contribution is 2.28. The van der Waals surface area contributed by atoms with Gasteiger partial charge >= 0.3 is 0 Å². The Bertz CT molecular complexity index is 1150. The third-order valence-electron chi connectivity index (χ3n) is 5.96. The fraction of sp³-hybridized carbons (Fsp3) is 0.346. The molecule has 0 atom stereocenters. The second-order valence-electron chi connectivity index (χ2n) is 7.92. The highest BCUT2D eigenvalue weighted by molar-refractivity contribution is 5.95. The summed E-state index contributed by atoms with van der Waals surface area (Å²) in [6.45, 7) is 6.63. The van der Waals surface area contributed by atoms with E-state index in [2.05, 4.69) is 5.32 Å². The number of methoxy groups -OCH3 is 2. The first-order valence-corrected chi connectivity index (χ1v) is 10.9. The number of carbonyl (C=O) groups is 1. The Balaban J connectivity index is 1.80. The predicted octanol–water partition coefficient (Wildman–Crippen LogP) is 4.98. The molecule has 7 heteroatoms. The van der Waals surface area contributed by atoms with Gasteiger partial charge in [-0.3, -0.25) is 4.79 Å². The first-order valence-electron chi connectivity index (χ1n) is 10.9. The Morgan fingerprint density at radius 2 is 1.67 bits per heavy atom. The van der Waals surface area contributed by atoms with Crippen molar-refractivity contribution < 1.29 is 23.0 Å². The first-order chi connectivity index (χ1) is 15.8. The number of carbonyl (C=O) groups excluding carboxylic acids is 1. The van der Waals surface area contributed by atoms with E-state index >= 15 is 0 Å². The largest absolute Gasteiger partial charge is 0.493 e. The summed E-state index contributed by atoms with van der Waals surface area (Å²) in [5.74, 6) is -0.690. The minimum absolute atomic E-state index is 0.196. The normalized spacial score (nSPS) is 10.9. The van der Waals surface area contributed by atoms with Gasteiger partial charge in [0.25, 0.3) is 5.91 Å². The van der Waals surface area contributed by atoms with E-state index in [4.69, 9.17) is 9.47 Å². The Labute approximate surface area is 193 Å². The number of amides is 1. The van der Waals surface area contributed by atoms with Crippen molar-refractivity contribution in [2.75, 3.05) is 20.8 Å². The number of hydrogen-bond donors (Lipinski definition) is 1. The van der Waals surface area contributed by atoms with Crippen LogP contribution in [0.15, 0.2) is 36.4 Å². The molecular weight excluding hydrogens is 426 g/mol. The lowest BCUT2D eigenvalue weighted by molar-refractivity contribution is 0.0944. The third-order valence-corrected chi connectivity index (χ3v) is 5.96. The summed E-state index contributed by atoms with van der Waals surface area (Å²) in [5, 5.41) is 3.00. The molecule has 0 radical (unpaired) electrons. The molecule has 33 heavy (non-hydrogen) atoms. The topological polar surface area (TPSA) is 52.5 Å². The molecule has 0 saturated heterocycles. The van der Waals surface area contributed by atoms with Gasteiger partial charge in [-0.15, -0.1) is 0 Å². The number of hydrogen-bond acceptors (Lipinski definition) is 3. The van der Waals surface area contributed by atoms with Crippen LogP contribution in [-0.2, 0) is 19.4 Å². The van der Waals surface area contributed by atoms with Gasteiger partial charge in [-0.2, -0.15) is 0 Å². The standard InChI is InChI=1S/C26H30F2N2O3/c1-6-20-16(2)25(30(17(20)3)15-19-7-9-21(27)22(28)13-19)26(31)29-12-11-18-8-10-23(32-4)24(14-18)33-5/h7-10,13-14H,6,11-12,15H2,1-5H3,(H,29,31). The molecule has 3 rings (SSSR count). The minimum atomic E-state index is -0.898. The number of nitrogens with zero attached hydrogens (tertiary/aromatic N) is 1. The fourth-order valence-electron chi connectivity index (χ4n) is 4.22. The molecule has 0 spiro atoms. The summed E-state index contributed by atoms with van der Waals surface area (Å²) in [6.07, 6.45) is 1.39. The fourth-order valence-corrected chi connectivity index (χ4v) is 4.22. The summed E-state index contributed by atoms with van der Waals surface area (Å²) in [4.78, 5) is 13.2. The number of ether oxygens (including phenoxy) is 2. The molecule has 2 aromatic carbocycles. The maximum atomic E-state index is 13.7. The Morgan fingerprint density at radius 1 is 0.970 bits per heavy atom. The lowest BCUT2D eigenvalue weighted by Gasteiger charge is -2.14. The molecule has 1 aromatic heterocycles. The van der Waals surface area contributed by atoms with Gasteiger partial charge in [-0.05, 0) is 73.2 Å². The number of rotatable bonds is 9. The molecule has 0 saturated carbocycles. The van der Waals surface area contributed by atoms with Crippen LogP contribution in [0, 0.1) is 25.5 Å². The first kappa shape index (κ1) is 24.3. The molecule has 0 unspecified atom stereocenters. The van der Waals surface area contributed by atoms with Crippen molar-refractivity contribution >= 4 is 5.91 Å². The van der Waals surface area contributed by atoms with Gasteiger partial charge in [0.2, 0.25) is 0 Å². The molecule has 5 nitrogen and oxygen atoms in total. The summed E-state index contributed by atoms with van der Waals surface area (Å²) >= 11 is 0. The molecule has 0 aliphatic heterocycles. The number of benzene rings is 2.